The van der Waals surface area contributed by atoms with Crippen molar-refractivity contribution in [1.82, 2.24) is 10.3 Å². The summed E-state index contributed by atoms with van der Waals surface area (Å²) in [6.45, 7) is 11.1. The zero-order valence-electron chi connectivity index (χ0n) is 22.0. The second-order valence-corrected chi connectivity index (χ2v) is 10.6. The van der Waals surface area contributed by atoms with Crippen molar-refractivity contribution in [2.45, 2.75) is 92.0 Å². The predicted molar refractivity (Wildman–Crippen MR) is 136 cm³/mol. The molecule has 6 atom stereocenters. The number of hydrogen-bond acceptors (Lipinski definition) is 7. The van der Waals surface area contributed by atoms with E-state index in [4.69, 9.17) is 10.2 Å². The lowest BCUT2D eigenvalue weighted by Crippen LogP contribution is -2.47. The number of ketones is 1. The first-order valence-electron chi connectivity index (χ1n) is 12.6. The Morgan fingerprint density at radius 1 is 1.29 bits per heavy atom. The number of Topliss-reactive ketones (excluding diaryl/α,β-unsaturated/α-hetero) is 1. The summed E-state index contributed by atoms with van der Waals surface area (Å²) in [5.41, 5.74) is 5.90. The molecule has 0 radical (unpaired) electrons. The molecule has 35 heavy (non-hydrogen) atoms. The largest absolute Gasteiger partial charge is 0.447 e. The monoisotopic (exact) mass is 489 g/mol. The number of aromatic nitrogens is 1. The minimum absolute atomic E-state index is 0.0289. The van der Waals surface area contributed by atoms with E-state index in [1.807, 2.05) is 26.8 Å². The Labute approximate surface area is 209 Å². The van der Waals surface area contributed by atoms with Crippen LogP contribution in [0.4, 0.5) is 0 Å². The van der Waals surface area contributed by atoms with E-state index >= 15 is 0 Å². The van der Waals surface area contributed by atoms with Crippen LogP contribution in [0.5, 0.6) is 0 Å². The average Bonchev–Trinajstić information content (AvgIpc) is 3.27. The van der Waals surface area contributed by atoms with Crippen molar-refractivity contribution in [1.29, 1.82) is 0 Å². The third-order valence-electron chi connectivity index (χ3n) is 7.28. The number of nitrogens with one attached hydrogen (secondary N) is 1. The van der Waals surface area contributed by atoms with Crippen molar-refractivity contribution in [2.24, 2.45) is 28.9 Å². The number of amides is 1. The highest BCUT2D eigenvalue weighted by molar-refractivity contribution is 5.88. The third-order valence-corrected chi connectivity index (χ3v) is 7.28. The molecule has 0 unspecified atom stereocenters. The summed E-state index contributed by atoms with van der Waals surface area (Å²) in [5, 5.41) is 24.7. The van der Waals surface area contributed by atoms with E-state index in [2.05, 4.69) is 22.5 Å². The van der Waals surface area contributed by atoms with Crippen LogP contribution in [-0.2, 0) is 16.1 Å². The van der Waals surface area contributed by atoms with Gasteiger partial charge in [-0.05, 0) is 49.7 Å². The lowest BCUT2D eigenvalue weighted by Gasteiger charge is -2.35. The number of aliphatic hydroxyl groups is 2. The highest BCUT2D eigenvalue weighted by atomic mass is 16.3. The van der Waals surface area contributed by atoms with Gasteiger partial charge in [-0.25, -0.2) is 4.98 Å². The molecule has 8 heteroatoms. The second-order valence-electron chi connectivity index (χ2n) is 10.6. The van der Waals surface area contributed by atoms with Gasteiger partial charge in [0.25, 0.3) is 0 Å². The molecule has 1 aromatic heterocycles. The molecule has 5 N–H and O–H groups in total. The van der Waals surface area contributed by atoms with Crippen molar-refractivity contribution in [3.63, 3.8) is 0 Å². The number of carbonyl (C=O) groups excluding carboxylic acids is 2. The number of nitrogens with two attached hydrogens (primary N) is 1. The van der Waals surface area contributed by atoms with Gasteiger partial charge in [0.05, 0.1) is 36.6 Å². The normalized spacial score (nSPS) is 32.8. The molecule has 0 spiro atoms. The quantitative estimate of drug-likeness (QED) is 0.477. The first-order chi connectivity index (χ1) is 16.4. The van der Waals surface area contributed by atoms with Crippen LogP contribution in [0.2, 0.25) is 0 Å². The molecule has 0 fully saturated rings. The number of nitrogens with zero attached hydrogens (tertiary/aromatic N) is 1. The number of rotatable bonds is 3. The summed E-state index contributed by atoms with van der Waals surface area (Å²) in [6.07, 6.45) is 7.84. The van der Waals surface area contributed by atoms with Gasteiger partial charge in [0.15, 0.2) is 0 Å². The number of hydrogen-bond donors (Lipinski definition) is 4. The third kappa shape index (κ3) is 7.59. The van der Waals surface area contributed by atoms with Gasteiger partial charge in [0.2, 0.25) is 11.8 Å². The highest BCUT2D eigenvalue weighted by Gasteiger charge is 2.42. The summed E-state index contributed by atoms with van der Waals surface area (Å²) in [7, 11) is 0. The molecule has 0 saturated heterocycles. The first-order valence-corrected chi connectivity index (χ1v) is 12.6. The van der Waals surface area contributed by atoms with Gasteiger partial charge in [-0.15, -0.1) is 0 Å². The lowest BCUT2D eigenvalue weighted by atomic mass is 9.73. The predicted octanol–water partition coefficient (Wildman–Crippen LogP) is 3.38. The Bertz CT molecular complexity index is 920. The Morgan fingerprint density at radius 2 is 1.97 bits per heavy atom. The van der Waals surface area contributed by atoms with Crippen LogP contribution >= 0.6 is 0 Å². The Kier molecular flexibility index (Phi) is 10.4. The first kappa shape index (κ1) is 28.9. The number of carbonyl (C=O) groups is 2. The van der Waals surface area contributed by atoms with Crippen molar-refractivity contribution in [2.75, 3.05) is 0 Å². The summed E-state index contributed by atoms with van der Waals surface area (Å²) in [5.74, 6) is -0.885. The van der Waals surface area contributed by atoms with Crippen LogP contribution in [0.3, 0.4) is 0 Å². The van der Waals surface area contributed by atoms with Crippen LogP contribution in [0.1, 0.15) is 78.8 Å². The van der Waals surface area contributed by atoms with Crippen molar-refractivity contribution in [3.05, 3.63) is 35.6 Å². The van der Waals surface area contributed by atoms with Gasteiger partial charge in [-0.1, -0.05) is 46.8 Å². The van der Waals surface area contributed by atoms with Crippen LogP contribution < -0.4 is 11.1 Å². The molecule has 1 amide bonds. The molecule has 0 aliphatic carbocycles. The van der Waals surface area contributed by atoms with E-state index in [0.717, 1.165) is 24.8 Å². The Morgan fingerprint density at radius 3 is 2.60 bits per heavy atom. The molecule has 196 valence electrons. The van der Waals surface area contributed by atoms with Gasteiger partial charge in [0.1, 0.15) is 17.7 Å². The molecule has 1 aliphatic heterocycles. The zero-order chi connectivity index (χ0) is 26.3. The number of oxazole rings is 1. The fourth-order valence-corrected chi connectivity index (χ4v) is 4.68. The molecule has 0 saturated carbocycles. The van der Waals surface area contributed by atoms with Crippen LogP contribution in [0.15, 0.2) is 28.4 Å². The smallest absolute Gasteiger partial charge is 0.223 e. The maximum Gasteiger partial charge on any atom is 0.223 e. The maximum atomic E-state index is 13.2. The van der Waals surface area contributed by atoms with Gasteiger partial charge in [0, 0.05) is 5.92 Å². The van der Waals surface area contributed by atoms with Crippen LogP contribution in [0.25, 0.3) is 6.08 Å². The Balaban J connectivity index is 2.34. The fourth-order valence-electron chi connectivity index (χ4n) is 4.68. The van der Waals surface area contributed by atoms with E-state index in [0.29, 0.717) is 11.6 Å². The van der Waals surface area contributed by atoms with Crippen LogP contribution in [-0.4, -0.2) is 45.1 Å². The van der Waals surface area contributed by atoms with Crippen molar-refractivity contribution in [3.8, 4) is 0 Å². The van der Waals surface area contributed by atoms with Gasteiger partial charge < -0.3 is 25.7 Å². The second kappa shape index (κ2) is 12.6. The highest BCUT2D eigenvalue weighted by Crippen LogP contribution is 2.32. The molecule has 2 rings (SSSR count). The topological polar surface area (TPSA) is 139 Å². The summed E-state index contributed by atoms with van der Waals surface area (Å²) < 4.78 is 5.32. The molecule has 0 aromatic carbocycles. The van der Waals surface area contributed by atoms with Gasteiger partial charge in [-0.2, -0.15) is 0 Å². The SMILES string of the molecule is C/C(=C\c1coc(CN)n1)[C@H]1NC(=O)C[C@H](O)C(C)(C)C(=O)[C@H](C)[C@@H](O)[C@@H](C)CCC/C=C\[C@@H]1C. The summed E-state index contributed by atoms with van der Waals surface area (Å²) >= 11 is 0. The lowest BCUT2D eigenvalue weighted by molar-refractivity contribution is -0.143. The van der Waals surface area contributed by atoms with E-state index < -0.39 is 23.5 Å². The molecule has 2 heterocycles. The van der Waals surface area contributed by atoms with E-state index in [1.54, 1.807) is 20.8 Å². The summed E-state index contributed by atoms with van der Waals surface area (Å²) in [4.78, 5) is 30.5. The van der Waals surface area contributed by atoms with Crippen molar-refractivity contribution < 1.29 is 24.2 Å². The van der Waals surface area contributed by atoms with Gasteiger partial charge >= 0.3 is 0 Å². The molecule has 1 aromatic rings. The Hall–Kier alpha value is -2.29. The van der Waals surface area contributed by atoms with E-state index in [9.17, 15) is 19.8 Å². The number of aliphatic hydroxyl groups excluding tert-OH is 2. The summed E-state index contributed by atoms with van der Waals surface area (Å²) in [6, 6.07) is -0.338. The average molecular weight is 490 g/mol. The van der Waals surface area contributed by atoms with Gasteiger partial charge in [-0.3, -0.25) is 9.59 Å². The molecule has 8 nitrogen and oxygen atoms in total. The van der Waals surface area contributed by atoms with Crippen molar-refractivity contribution >= 4 is 17.8 Å². The number of allylic oxidation sites excluding steroid dienone is 1. The zero-order valence-corrected chi connectivity index (χ0v) is 22.0. The molecule has 0 bridgehead atoms. The maximum absolute atomic E-state index is 13.2. The molecular weight excluding hydrogens is 446 g/mol. The molecular formula is C27H43N3O5. The van der Waals surface area contributed by atoms with Crippen LogP contribution in [0, 0.1) is 23.2 Å². The standard InChI is InChI=1S/C27H43N3O5/c1-16-10-8-7-9-11-17(2)25(33)19(4)26(34)27(5,6)21(31)13-22(32)30-24(16)18(3)12-20-15-35-23(14-28)29-20/h8,10,12,15-17,19,21,24-25,31,33H,7,9,11,13-14,28H2,1-6H3,(H,30,32)/b10-8-,18-12+/t16-,17-,19+,21-,24-,25-/m0/s1. The van der Waals surface area contributed by atoms with E-state index in [1.165, 1.54) is 6.26 Å². The minimum Gasteiger partial charge on any atom is -0.447 e. The van der Waals surface area contributed by atoms with E-state index in [-0.39, 0.29) is 42.5 Å². The molecule has 1 aliphatic rings. The fraction of sp³-hybridized carbons (Fsp3) is 0.667. The minimum atomic E-state index is -1.19.